The van der Waals surface area contributed by atoms with Crippen LogP contribution in [-0.2, 0) is 15.5 Å². The third-order valence-corrected chi connectivity index (χ3v) is 5.56. The topological polar surface area (TPSA) is 56.3 Å². The molecule has 0 amide bonds. The Labute approximate surface area is 162 Å². The summed E-state index contributed by atoms with van der Waals surface area (Å²) in [7, 11) is -0.556. The van der Waals surface area contributed by atoms with E-state index < -0.39 is 30.2 Å². The fraction of sp³-hybridized carbons (Fsp3) is 0.474. The van der Waals surface area contributed by atoms with E-state index in [0.717, 1.165) is 30.6 Å². The van der Waals surface area contributed by atoms with Gasteiger partial charge in [-0.25, -0.2) is 9.97 Å². The van der Waals surface area contributed by atoms with Gasteiger partial charge in [-0.3, -0.25) is 0 Å². The van der Waals surface area contributed by atoms with E-state index in [1.54, 1.807) is 18.2 Å². The van der Waals surface area contributed by atoms with Crippen LogP contribution in [0.1, 0.15) is 46.2 Å². The predicted octanol–water partition coefficient (Wildman–Crippen LogP) is 4.32. The lowest BCUT2D eigenvalue weighted by Crippen LogP contribution is -2.46. The molecule has 1 aliphatic heterocycles. The number of hydrogen-bond acceptors (Lipinski definition) is 5. The normalized spacial score (nSPS) is 25.2. The molecule has 1 aromatic carbocycles. The van der Waals surface area contributed by atoms with E-state index in [9.17, 15) is 13.2 Å². The standard InChI is InChI=1S/C19H23BF3N3O2/c1-5-17(3)18(4,6-2)28-20(27-17)13-8-7-9-14(12-13)25-16-24-11-10-15(26-16)19(21,22)23/h7-12H,5-6H2,1-4H3,(H,24,25,26). The van der Waals surface area contributed by atoms with Gasteiger partial charge >= 0.3 is 13.3 Å². The molecule has 0 radical (unpaired) electrons. The molecule has 9 heteroatoms. The Hall–Kier alpha value is -2.13. The van der Waals surface area contributed by atoms with Gasteiger partial charge in [0.25, 0.3) is 0 Å². The molecule has 0 bridgehead atoms. The molecule has 1 N–H and O–H groups in total. The predicted molar refractivity (Wildman–Crippen MR) is 102 cm³/mol. The number of anilines is 2. The highest BCUT2D eigenvalue weighted by Gasteiger charge is 2.55. The van der Waals surface area contributed by atoms with E-state index in [4.69, 9.17) is 9.31 Å². The molecule has 5 nitrogen and oxygen atoms in total. The average Bonchev–Trinajstić information content (AvgIpc) is 2.94. The van der Waals surface area contributed by atoms with Crippen molar-refractivity contribution in [1.29, 1.82) is 0 Å². The minimum absolute atomic E-state index is 0.128. The van der Waals surface area contributed by atoms with Gasteiger partial charge in [-0.2, -0.15) is 13.2 Å². The van der Waals surface area contributed by atoms with E-state index in [0.29, 0.717) is 5.69 Å². The second-order valence-electron chi connectivity index (χ2n) is 7.25. The van der Waals surface area contributed by atoms with E-state index in [1.165, 1.54) is 0 Å². The zero-order chi connectivity index (χ0) is 20.6. The number of halogens is 3. The highest BCUT2D eigenvalue weighted by Crippen LogP contribution is 2.42. The van der Waals surface area contributed by atoms with Crippen LogP contribution < -0.4 is 10.8 Å². The quantitative estimate of drug-likeness (QED) is 0.767. The van der Waals surface area contributed by atoms with Gasteiger partial charge in [0.05, 0.1) is 11.2 Å². The molecule has 0 saturated carbocycles. The molecule has 2 heterocycles. The summed E-state index contributed by atoms with van der Waals surface area (Å²) in [4.78, 5) is 7.39. The highest BCUT2D eigenvalue weighted by atomic mass is 19.4. The summed E-state index contributed by atoms with van der Waals surface area (Å²) >= 11 is 0. The number of alkyl halides is 3. The Bertz CT molecular complexity index is 833. The molecule has 2 aromatic rings. The lowest BCUT2D eigenvalue weighted by molar-refractivity contribution is -0.141. The fourth-order valence-electron chi connectivity index (χ4n) is 3.27. The van der Waals surface area contributed by atoms with Crippen LogP contribution in [0.15, 0.2) is 36.5 Å². The fourth-order valence-corrected chi connectivity index (χ4v) is 3.27. The van der Waals surface area contributed by atoms with Crippen LogP contribution in [-0.4, -0.2) is 28.3 Å². The molecule has 1 saturated heterocycles. The molecule has 150 valence electrons. The largest absolute Gasteiger partial charge is 0.494 e. The summed E-state index contributed by atoms with van der Waals surface area (Å²) in [6.45, 7) is 8.19. The summed E-state index contributed by atoms with van der Waals surface area (Å²) in [6.07, 6.45) is -1.86. The molecule has 1 fully saturated rings. The summed E-state index contributed by atoms with van der Waals surface area (Å²) in [5, 5.41) is 2.82. The van der Waals surface area contributed by atoms with E-state index in [2.05, 4.69) is 29.1 Å². The Morgan fingerprint density at radius 3 is 2.29 bits per heavy atom. The Kier molecular flexibility index (Phi) is 5.42. The van der Waals surface area contributed by atoms with Crippen LogP contribution >= 0.6 is 0 Å². The van der Waals surface area contributed by atoms with Crippen molar-refractivity contribution in [2.45, 2.75) is 57.9 Å². The first-order chi connectivity index (χ1) is 13.1. The van der Waals surface area contributed by atoms with Crippen molar-refractivity contribution >= 4 is 24.2 Å². The minimum atomic E-state index is -4.53. The summed E-state index contributed by atoms with van der Waals surface area (Å²) in [6, 6.07) is 7.97. The average molecular weight is 393 g/mol. The van der Waals surface area contributed by atoms with Gasteiger partial charge in [-0.15, -0.1) is 0 Å². The van der Waals surface area contributed by atoms with Crippen molar-refractivity contribution in [2.24, 2.45) is 0 Å². The zero-order valence-corrected chi connectivity index (χ0v) is 16.3. The van der Waals surface area contributed by atoms with E-state index in [1.807, 2.05) is 19.9 Å². The van der Waals surface area contributed by atoms with Crippen molar-refractivity contribution in [2.75, 3.05) is 5.32 Å². The number of nitrogens with one attached hydrogen (secondary N) is 1. The zero-order valence-electron chi connectivity index (χ0n) is 16.3. The second-order valence-corrected chi connectivity index (χ2v) is 7.25. The molecule has 0 spiro atoms. The Morgan fingerprint density at radius 1 is 1.07 bits per heavy atom. The van der Waals surface area contributed by atoms with Crippen molar-refractivity contribution < 1.29 is 22.5 Å². The number of nitrogens with zero attached hydrogens (tertiary/aromatic N) is 2. The molecular weight excluding hydrogens is 370 g/mol. The second kappa shape index (κ2) is 7.37. The maximum Gasteiger partial charge on any atom is 0.494 e. The van der Waals surface area contributed by atoms with Crippen LogP contribution in [0.4, 0.5) is 24.8 Å². The van der Waals surface area contributed by atoms with Crippen LogP contribution in [0.5, 0.6) is 0 Å². The third kappa shape index (κ3) is 3.86. The highest BCUT2D eigenvalue weighted by molar-refractivity contribution is 6.62. The van der Waals surface area contributed by atoms with Gasteiger partial charge in [0.15, 0.2) is 0 Å². The number of hydrogen-bond donors (Lipinski definition) is 1. The van der Waals surface area contributed by atoms with Crippen molar-refractivity contribution in [1.82, 2.24) is 9.97 Å². The summed E-state index contributed by atoms with van der Waals surface area (Å²) in [5.41, 5.74) is -0.540. The molecule has 0 aliphatic carbocycles. The van der Waals surface area contributed by atoms with Crippen LogP contribution in [0.25, 0.3) is 0 Å². The minimum Gasteiger partial charge on any atom is -0.399 e. The molecule has 1 aliphatic rings. The first kappa shape index (κ1) is 20.6. The van der Waals surface area contributed by atoms with Gasteiger partial charge in [-0.05, 0) is 50.4 Å². The van der Waals surface area contributed by atoms with E-state index >= 15 is 0 Å². The molecule has 1 aromatic heterocycles. The van der Waals surface area contributed by atoms with Crippen LogP contribution in [0, 0.1) is 0 Å². The summed E-state index contributed by atoms with van der Waals surface area (Å²) < 4.78 is 51.0. The monoisotopic (exact) mass is 393 g/mol. The van der Waals surface area contributed by atoms with Crippen molar-refractivity contribution in [3.05, 3.63) is 42.2 Å². The van der Waals surface area contributed by atoms with Crippen LogP contribution in [0.2, 0.25) is 0 Å². The van der Waals surface area contributed by atoms with Gasteiger partial charge in [-0.1, -0.05) is 26.0 Å². The maximum atomic E-state index is 12.8. The molecule has 28 heavy (non-hydrogen) atoms. The smallest absolute Gasteiger partial charge is 0.399 e. The first-order valence-electron chi connectivity index (χ1n) is 9.23. The lowest BCUT2D eigenvalue weighted by atomic mass is 9.79. The van der Waals surface area contributed by atoms with Crippen LogP contribution in [0.3, 0.4) is 0 Å². The maximum absolute atomic E-state index is 12.8. The molecule has 2 unspecified atom stereocenters. The summed E-state index contributed by atoms with van der Waals surface area (Å²) in [5.74, 6) is -0.128. The van der Waals surface area contributed by atoms with Gasteiger partial charge in [0.1, 0.15) is 5.69 Å². The third-order valence-electron chi connectivity index (χ3n) is 5.56. The molecular formula is C19H23BF3N3O2. The Morgan fingerprint density at radius 2 is 1.71 bits per heavy atom. The Balaban J connectivity index is 1.82. The van der Waals surface area contributed by atoms with E-state index in [-0.39, 0.29) is 5.95 Å². The van der Waals surface area contributed by atoms with Gasteiger partial charge < -0.3 is 14.6 Å². The number of benzene rings is 1. The van der Waals surface area contributed by atoms with Crippen molar-refractivity contribution in [3.8, 4) is 0 Å². The molecule has 3 rings (SSSR count). The van der Waals surface area contributed by atoms with Gasteiger partial charge in [0.2, 0.25) is 5.95 Å². The SMILES string of the molecule is CCC1(C)OB(c2cccc(Nc3nccc(C(F)(F)F)n3)c2)OC1(C)CC. The first-order valence-corrected chi connectivity index (χ1v) is 9.23. The van der Waals surface area contributed by atoms with Gasteiger partial charge in [0, 0.05) is 11.9 Å². The number of aromatic nitrogens is 2. The molecule has 2 atom stereocenters. The number of rotatable bonds is 5. The lowest BCUT2D eigenvalue weighted by Gasteiger charge is -2.37. The van der Waals surface area contributed by atoms with Crippen molar-refractivity contribution in [3.63, 3.8) is 0 Å².